The van der Waals surface area contributed by atoms with Crippen LogP contribution in [0.4, 0.5) is 5.69 Å². The molecule has 1 aromatic rings. The number of para-hydroxylation sites is 1. The van der Waals surface area contributed by atoms with Gasteiger partial charge in [-0.1, -0.05) is 30.7 Å². The zero-order chi connectivity index (χ0) is 15.2. The maximum absolute atomic E-state index is 12.4. The molecular weight excluding hydrogens is 308 g/mol. The van der Waals surface area contributed by atoms with E-state index in [4.69, 9.17) is 11.6 Å². The molecule has 2 amide bonds. The second-order valence-electron chi connectivity index (χ2n) is 4.80. The van der Waals surface area contributed by atoms with Gasteiger partial charge in [-0.25, -0.2) is 0 Å². The molecule has 1 N–H and O–H groups in total. The van der Waals surface area contributed by atoms with E-state index in [2.05, 4.69) is 12.2 Å². The van der Waals surface area contributed by atoms with Gasteiger partial charge in [-0.15, -0.1) is 0 Å². The molecule has 114 valence electrons. The standard InChI is InChI=1S/C15H19ClN2O2S/c1-2-21-10-8-14(19)17-12-7-9-18(15(12)20)13-6-4-3-5-11(13)16/h3-6,12H,2,7-10H2,1H3,(H,17,19). The predicted octanol–water partition coefficient (Wildman–Crippen LogP) is 2.70. The number of anilines is 1. The van der Waals surface area contributed by atoms with E-state index in [0.717, 1.165) is 11.5 Å². The molecule has 1 atom stereocenters. The van der Waals surface area contributed by atoms with E-state index in [0.29, 0.717) is 30.1 Å². The lowest BCUT2D eigenvalue weighted by atomic mass is 10.2. The van der Waals surface area contributed by atoms with E-state index < -0.39 is 6.04 Å². The van der Waals surface area contributed by atoms with Crippen LogP contribution in [0.3, 0.4) is 0 Å². The number of benzene rings is 1. The van der Waals surface area contributed by atoms with Gasteiger partial charge in [0.1, 0.15) is 6.04 Å². The Balaban J connectivity index is 1.93. The van der Waals surface area contributed by atoms with Crippen LogP contribution in [0.15, 0.2) is 24.3 Å². The van der Waals surface area contributed by atoms with Crippen LogP contribution in [0.1, 0.15) is 19.8 Å². The van der Waals surface area contributed by atoms with Gasteiger partial charge in [-0.2, -0.15) is 11.8 Å². The number of carbonyl (C=O) groups excluding carboxylic acids is 2. The molecule has 0 aromatic heterocycles. The second-order valence-corrected chi connectivity index (χ2v) is 6.60. The van der Waals surface area contributed by atoms with Crippen molar-refractivity contribution in [2.75, 3.05) is 23.0 Å². The Morgan fingerprint density at radius 3 is 2.95 bits per heavy atom. The second kappa shape index (κ2) is 7.71. The molecule has 0 spiro atoms. The van der Waals surface area contributed by atoms with Crippen LogP contribution < -0.4 is 10.2 Å². The number of nitrogens with zero attached hydrogens (tertiary/aromatic N) is 1. The average molecular weight is 327 g/mol. The highest BCUT2D eigenvalue weighted by atomic mass is 35.5. The van der Waals surface area contributed by atoms with Crippen LogP contribution in [0, 0.1) is 0 Å². The summed E-state index contributed by atoms with van der Waals surface area (Å²) in [6, 6.07) is 6.83. The maximum Gasteiger partial charge on any atom is 0.249 e. The van der Waals surface area contributed by atoms with E-state index in [9.17, 15) is 9.59 Å². The summed E-state index contributed by atoms with van der Waals surface area (Å²) in [4.78, 5) is 25.8. The molecule has 4 nitrogen and oxygen atoms in total. The largest absolute Gasteiger partial charge is 0.344 e. The van der Waals surface area contributed by atoms with Crippen molar-refractivity contribution in [3.63, 3.8) is 0 Å². The summed E-state index contributed by atoms with van der Waals surface area (Å²) in [6.45, 7) is 2.64. The topological polar surface area (TPSA) is 49.4 Å². The minimum absolute atomic E-state index is 0.0599. The minimum Gasteiger partial charge on any atom is -0.344 e. The fourth-order valence-corrected chi connectivity index (χ4v) is 3.16. The predicted molar refractivity (Wildman–Crippen MR) is 88.0 cm³/mol. The molecule has 0 saturated carbocycles. The van der Waals surface area contributed by atoms with E-state index in [1.165, 1.54) is 0 Å². The smallest absolute Gasteiger partial charge is 0.249 e. The summed E-state index contributed by atoms with van der Waals surface area (Å²) in [5.41, 5.74) is 0.711. The third kappa shape index (κ3) is 4.14. The number of rotatable bonds is 6. The summed E-state index contributed by atoms with van der Waals surface area (Å²) in [5, 5.41) is 3.37. The molecule has 1 aliphatic heterocycles. The normalized spacial score (nSPS) is 18.1. The Labute approximate surface area is 134 Å². The van der Waals surface area contributed by atoms with Crippen molar-refractivity contribution in [3.05, 3.63) is 29.3 Å². The first-order valence-electron chi connectivity index (χ1n) is 7.06. The van der Waals surface area contributed by atoms with Gasteiger partial charge < -0.3 is 10.2 Å². The number of thioether (sulfide) groups is 1. The Bertz CT molecular complexity index is 524. The van der Waals surface area contributed by atoms with Crippen molar-refractivity contribution in [3.8, 4) is 0 Å². The molecule has 0 radical (unpaired) electrons. The van der Waals surface area contributed by atoms with E-state index in [1.54, 1.807) is 22.7 Å². The van der Waals surface area contributed by atoms with Gasteiger partial charge >= 0.3 is 0 Å². The van der Waals surface area contributed by atoms with Gasteiger partial charge in [-0.3, -0.25) is 9.59 Å². The summed E-state index contributed by atoms with van der Waals surface area (Å²) in [5.74, 6) is 1.64. The third-order valence-corrected chi connectivity index (χ3v) is 4.58. The summed E-state index contributed by atoms with van der Waals surface area (Å²) in [6.07, 6.45) is 1.07. The van der Waals surface area contributed by atoms with Crippen LogP contribution in [-0.2, 0) is 9.59 Å². The van der Waals surface area contributed by atoms with Crippen molar-refractivity contribution >= 4 is 40.9 Å². The molecular formula is C15H19ClN2O2S. The lowest BCUT2D eigenvalue weighted by Crippen LogP contribution is -2.41. The Kier molecular flexibility index (Phi) is 5.94. The lowest BCUT2D eigenvalue weighted by molar-refractivity contribution is -0.126. The highest BCUT2D eigenvalue weighted by molar-refractivity contribution is 7.99. The molecule has 1 saturated heterocycles. The first-order valence-corrected chi connectivity index (χ1v) is 8.59. The maximum atomic E-state index is 12.4. The fourth-order valence-electron chi connectivity index (χ4n) is 2.30. The van der Waals surface area contributed by atoms with Crippen molar-refractivity contribution in [2.24, 2.45) is 0 Å². The Morgan fingerprint density at radius 2 is 2.24 bits per heavy atom. The van der Waals surface area contributed by atoms with Gasteiger partial charge in [0.05, 0.1) is 10.7 Å². The molecule has 1 fully saturated rings. The number of halogens is 1. The van der Waals surface area contributed by atoms with Crippen LogP contribution in [-0.4, -0.2) is 35.9 Å². The molecule has 2 rings (SSSR count). The van der Waals surface area contributed by atoms with E-state index in [-0.39, 0.29) is 11.8 Å². The average Bonchev–Trinajstić information content (AvgIpc) is 2.81. The number of hydrogen-bond acceptors (Lipinski definition) is 3. The SMILES string of the molecule is CCSCCC(=O)NC1CCN(c2ccccc2Cl)C1=O. The summed E-state index contributed by atoms with van der Waals surface area (Å²) in [7, 11) is 0. The Hall–Kier alpha value is -1.20. The van der Waals surface area contributed by atoms with Gasteiger partial charge in [0, 0.05) is 18.7 Å². The summed E-state index contributed by atoms with van der Waals surface area (Å²) >= 11 is 7.84. The van der Waals surface area contributed by atoms with Crippen LogP contribution in [0.25, 0.3) is 0 Å². The van der Waals surface area contributed by atoms with E-state index >= 15 is 0 Å². The Morgan fingerprint density at radius 1 is 1.48 bits per heavy atom. The van der Waals surface area contributed by atoms with Crippen LogP contribution in [0.5, 0.6) is 0 Å². The molecule has 1 heterocycles. The first kappa shape index (κ1) is 16.2. The molecule has 0 aliphatic carbocycles. The molecule has 21 heavy (non-hydrogen) atoms. The van der Waals surface area contributed by atoms with Crippen molar-refractivity contribution < 1.29 is 9.59 Å². The first-order chi connectivity index (χ1) is 10.1. The highest BCUT2D eigenvalue weighted by Gasteiger charge is 2.34. The number of amides is 2. The zero-order valence-corrected chi connectivity index (χ0v) is 13.5. The van der Waals surface area contributed by atoms with Crippen LogP contribution >= 0.6 is 23.4 Å². The molecule has 6 heteroatoms. The molecule has 0 bridgehead atoms. The lowest BCUT2D eigenvalue weighted by Gasteiger charge is -2.18. The zero-order valence-electron chi connectivity index (χ0n) is 12.0. The van der Waals surface area contributed by atoms with Crippen LogP contribution in [0.2, 0.25) is 5.02 Å². The number of carbonyl (C=O) groups is 2. The minimum atomic E-state index is -0.430. The molecule has 1 unspecified atom stereocenters. The van der Waals surface area contributed by atoms with Crippen molar-refractivity contribution in [2.45, 2.75) is 25.8 Å². The van der Waals surface area contributed by atoms with Gasteiger partial charge in [-0.05, 0) is 24.3 Å². The number of nitrogens with one attached hydrogen (secondary N) is 1. The van der Waals surface area contributed by atoms with Gasteiger partial charge in [0.2, 0.25) is 11.8 Å². The third-order valence-electron chi connectivity index (χ3n) is 3.36. The summed E-state index contributed by atoms with van der Waals surface area (Å²) < 4.78 is 0. The van der Waals surface area contributed by atoms with Gasteiger partial charge in [0.25, 0.3) is 0 Å². The molecule has 1 aliphatic rings. The van der Waals surface area contributed by atoms with Crippen molar-refractivity contribution in [1.29, 1.82) is 0 Å². The highest BCUT2D eigenvalue weighted by Crippen LogP contribution is 2.28. The van der Waals surface area contributed by atoms with Gasteiger partial charge in [0.15, 0.2) is 0 Å². The fraction of sp³-hybridized carbons (Fsp3) is 0.467. The monoisotopic (exact) mass is 326 g/mol. The van der Waals surface area contributed by atoms with Crippen molar-refractivity contribution in [1.82, 2.24) is 5.32 Å². The quantitative estimate of drug-likeness (QED) is 0.818. The number of hydrogen-bond donors (Lipinski definition) is 1. The molecule has 1 aromatic carbocycles. The van der Waals surface area contributed by atoms with E-state index in [1.807, 2.05) is 18.2 Å².